The Kier molecular flexibility index (Phi) is 7.03. The monoisotopic (exact) mass is 491 g/mol. The average Bonchev–Trinajstić information content (AvgIpc) is 3.49. The molecule has 0 radical (unpaired) electrons. The van der Waals surface area contributed by atoms with Crippen LogP contribution in [0.5, 0.6) is 0 Å². The fourth-order valence-electron chi connectivity index (χ4n) is 4.34. The van der Waals surface area contributed by atoms with E-state index in [-0.39, 0.29) is 5.70 Å². The minimum absolute atomic E-state index is 0.0358. The third-order valence-corrected chi connectivity index (χ3v) is 6.80. The van der Waals surface area contributed by atoms with Gasteiger partial charge in [0.2, 0.25) is 0 Å². The van der Waals surface area contributed by atoms with Crippen molar-refractivity contribution in [1.29, 1.82) is 0 Å². The van der Waals surface area contributed by atoms with Gasteiger partial charge in [-0.05, 0) is 57.5 Å². The molecule has 5 heterocycles. The van der Waals surface area contributed by atoms with Gasteiger partial charge in [-0.25, -0.2) is 5.43 Å². The minimum Gasteiger partial charge on any atom is -0.392 e. The highest BCUT2D eigenvalue weighted by atomic mass is 16.5. The van der Waals surface area contributed by atoms with Crippen LogP contribution in [0.4, 0.5) is 11.4 Å². The molecule has 11 nitrogen and oxygen atoms in total. The fraction of sp³-hybridized carbons (Fsp3) is 0.400. The van der Waals surface area contributed by atoms with E-state index in [1.54, 1.807) is 18.5 Å². The Morgan fingerprint density at radius 3 is 2.83 bits per heavy atom. The SMILES string of the molecule is Cc1ncc(NNCN2CCCC2C)cc1NC(=O)/C(N)=c1\ccc(=C2C=CN(C3COC3)N2)cn1. The summed E-state index contributed by atoms with van der Waals surface area (Å²) in [5.74, 6) is -0.432. The van der Waals surface area contributed by atoms with Gasteiger partial charge >= 0.3 is 0 Å². The van der Waals surface area contributed by atoms with Crippen molar-refractivity contribution in [3.8, 4) is 0 Å². The van der Waals surface area contributed by atoms with E-state index >= 15 is 0 Å². The summed E-state index contributed by atoms with van der Waals surface area (Å²) < 4.78 is 5.24. The molecule has 1 atom stereocenters. The van der Waals surface area contributed by atoms with Crippen molar-refractivity contribution in [2.75, 3.05) is 37.2 Å². The number of nitrogens with one attached hydrogen (secondary N) is 4. The molecule has 6 N–H and O–H groups in total. The molecule has 0 aliphatic carbocycles. The summed E-state index contributed by atoms with van der Waals surface area (Å²) >= 11 is 0. The molecule has 11 heteroatoms. The topological polar surface area (TPSA) is 133 Å². The number of hydrogen-bond acceptors (Lipinski definition) is 10. The number of aromatic nitrogens is 2. The number of ether oxygens (including phenoxy) is 1. The molecule has 2 aromatic heterocycles. The number of carbonyl (C=O) groups excluding carboxylic acids is 1. The molecule has 2 fully saturated rings. The van der Waals surface area contributed by atoms with Crippen molar-refractivity contribution >= 4 is 28.7 Å². The molecular weight excluding hydrogens is 458 g/mol. The molecule has 5 rings (SSSR count). The first kappa shape index (κ1) is 24.0. The zero-order chi connectivity index (χ0) is 25.1. The van der Waals surface area contributed by atoms with E-state index < -0.39 is 5.91 Å². The maximum atomic E-state index is 12.9. The van der Waals surface area contributed by atoms with E-state index in [4.69, 9.17) is 10.5 Å². The summed E-state index contributed by atoms with van der Waals surface area (Å²) in [5, 5.41) is 6.20. The summed E-state index contributed by atoms with van der Waals surface area (Å²) in [6, 6.07) is 6.38. The van der Waals surface area contributed by atoms with Gasteiger partial charge < -0.3 is 21.2 Å². The molecular formula is C25H33N9O2. The molecule has 190 valence electrons. The molecule has 0 bridgehead atoms. The molecule has 36 heavy (non-hydrogen) atoms. The van der Waals surface area contributed by atoms with Gasteiger partial charge in [0, 0.05) is 23.7 Å². The summed E-state index contributed by atoms with van der Waals surface area (Å²) in [4.78, 5) is 24.0. The van der Waals surface area contributed by atoms with Crippen LogP contribution in [0.15, 0.2) is 42.9 Å². The van der Waals surface area contributed by atoms with Crippen LogP contribution < -0.4 is 37.9 Å². The smallest absolute Gasteiger partial charge is 0.273 e. The average molecular weight is 492 g/mol. The van der Waals surface area contributed by atoms with Crippen molar-refractivity contribution in [3.05, 3.63) is 59.1 Å². The van der Waals surface area contributed by atoms with Crippen LogP contribution >= 0.6 is 0 Å². The number of nitrogens with two attached hydrogens (primary N) is 1. The summed E-state index contributed by atoms with van der Waals surface area (Å²) in [7, 11) is 0. The second-order valence-corrected chi connectivity index (χ2v) is 9.36. The lowest BCUT2D eigenvalue weighted by Crippen LogP contribution is -2.50. The largest absolute Gasteiger partial charge is 0.392 e. The van der Waals surface area contributed by atoms with Gasteiger partial charge in [0.15, 0.2) is 0 Å². The number of hydrogen-bond donors (Lipinski definition) is 5. The van der Waals surface area contributed by atoms with Gasteiger partial charge in [0.25, 0.3) is 5.91 Å². The Balaban J connectivity index is 1.23. The number of likely N-dealkylation sites (tertiary alicyclic amines) is 1. The molecule has 0 aromatic carbocycles. The Morgan fingerprint density at radius 1 is 1.28 bits per heavy atom. The third kappa shape index (κ3) is 5.27. The van der Waals surface area contributed by atoms with Crippen LogP contribution in [0.2, 0.25) is 0 Å². The number of aryl methyl sites for hydroxylation is 1. The van der Waals surface area contributed by atoms with Crippen molar-refractivity contribution in [2.45, 2.75) is 38.8 Å². The van der Waals surface area contributed by atoms with Crippen LogP contribution in [0.3, 0.4) is 0 Å². The Bertz CT molecular complexity index is 1250. The molecule has 3 aliphatic heterocycles. The number of rotatable bonds is 7. The standard InChI is InChI=1S/C25H33N9O2/c1-16-4-3-8-33(16)15-29-31-19-10-23(17(2)27-12-19)30-25(35)24(26)22-6-5-18(11-28-22)21-7-9-34(32-21)20-13-36-14-20/h5-7,9-12,16,20,29,31-32H,3-4,8,13-15,26H2,1-2H3,(H,30,35)/b21-18?,24-22-. The molecule has 1 unspecified atom stereocenters. The molecule has 2 saturated heterocycles. The Morgan fingerprint density at radius 2 is 2.14 bits per heavy atom. The quantitative estimate of drug-likeness (QED) is 0.329. The first-order valence-electron chi connectivity index (χ1n) is 12.3. The Labute approximate surface area is 210 Å². The normalized spacial score (nSPS) is 22.3. The molecule has 2 aromatic rings. The van der Waals surface area contributed by atoms with E-state index in [1.165, 1.54) is 12.8 Å². The number of nitrogens with zero attached hydrogens (tertiary/aromatic N) is 4. The highest BCUT2D eigenvalue weighted by Crippen LogP contribution is 2.18. The summed E-state index contributed by atoms with van der Waals surface area (Å²) in [5.41, 5.74) is 18.9. The van der Waals surface area contributed by atoms with Crippen LogP contribution in [0, 0.1) is 6.92 Å². The van der Waals surface area contributed by atoms with Crippen molar-refractivity contribution in [3.63, 3.8) is 0 Å². The summed E-state index contributed by atoms with van der Waals surface area (Å²) in [6.07, 6.45) is 9.86. The second kappa shape index (κ2) is 10.5. The van der Waals surface area contributed by atoms with Gasteiger partial charge in [-0.3, -0.25) is 30.1 Å². The van der Waals surface area contributed by atoms with Gasteiger partial charge in [0.05, 0.1) is 60.2 Å². The summed E-state index contributed by atoms with van der Waals surface area (Å²) in [6.45, 7) is 7.32. The number of hydrazine groups is 2. The number of anilines is 2. The molecule has 0 spiro atoms. The Hall–Kier alpha value is -3.67. The van der Waals surface area contributed by atoms with Crippen LogP contribution in [0.25, 0.3) is 11.4 Å². The number of pyridine rings is 2. The highest BCUT2D eigenvalue weighted by molar-refractivity contribution is 6.19. The van der Waals surface area contributed by atoms with E-state index in [9.17, 15) is 4.79 Å². The third-order valence-electron chi connectivity index (χ3n) is 6.80. The lowest BCUT2D eigenvalue weighted by molar-refractivity contribution is -0.111. The van der Waals surface area contributed by atoms with Gasteiger partial charge in [-0.2, -0.15) is 0 Å². The molecule has 3 aliphatic rings. The van der Waals surface area contributed by atoms with Crippen molar-refractivity contribution in [1.82, 2.24) is 30.7 Å². The number of amides is 1. The van der Waals surface area contributed by atoms with E-state index in [2.05, 4.69) is 43.4 Å². The lowest BCUT2D eigenvalue weighted by atomic mass is 10.2. The minimum atomic E-state index is -0.432. The van der Waals surface area contributed by atoms with Crippen LogP contribution in [-0.4, -0.2) is 64.3 Å². The number of carbonyl (C=O) groups is 1. The van der Waals surface area contributed by atoms with Gasteiger partial charge in [0.1, 0.15) is 5.70 Å². The van der Waals surface area contributed by atoms with Crippen LogP contribution in [0.1, 0.15) is 25.5 Å². The fourth-order valence-corrected chi connectivity index (χ4v) is 4.34. The van der Waals surface area contributed by atoms with Gasteiger partial charge in [-0.15, -0.1) is 0 Å². The van der Waals surface area contributed by atoms with E-state index in [0.717, 1.165) is 29.8 Å². The second-order valence-electron chi connectivity index (χ2n) is 9.36. The first-order chi connectivity index (χ1) is 17.5. The highest BCUT2D eigenvalue weighted by Gasteiger charge is 2.26. The maximum absolute atomic E-state index is 12.9. The molecule has 0 saturated carbocycles. The zero-order valence-electron chi connectivity index (χ0n) is 20.6. The zero-order valence-corrected chi connectivity index (χ0v) is 20.6. The van der Waals surface area contributed by atoms with Crippen LogP contribution in [-0.2, 0) is 9.53 Å². The van der Waals surface area contributed by atoms with Gasteiger partial charge in [-0.1, -0.05) is 0 Å². The first-order valence-corrected chi connectivity index (χ1v) is 12.3. The van der Waals surface area contributed by atoms with Crippen molar-refractivity contribution < 1.29 is 9.53 Å². The molecule has 1 amide bonds. The predicted molar refractivity (Wildman–Crippen MR) is 138 cm³/mol. The van der Waals surface area contributed by atoms with Crippen molar-refractivity contribution in [2.24, 2.45) is 5.73 Å². The predicted octanol–water partition coefficient (Wildman–Crippen LogP) is -0.310. The lowest BCUT2D eigenvalue weighted by Gasteiger charge is -2.34. The van der Waals surface area contributed by atoms with E-state index in [1.807, 2.05) is 36.3 Å². The maximum Gasteiger partial charge on any atom is 0.273 e. The van der Waals surface area contributed by atoms with E-state index in [0.29, 0.717) is 42.0 Å².